The number of rotatable bonds is 4. The number of alkyl halides is 6. The third-order valence-corrected chi connectivity index (χ3v) is 1.71. The van der Waals surface area contributed by atoms with Crippen LogP contribution < -0.4 is 5.32 Å². The van der Waals surface area contributed by atoms with E-state index in [0.717, 1.165) is 6.92 Å². The number of amides is 1. The van der Waals surface area contributed by atoms with Crippen molar-refractivity contribution in [2.45, 2.75) is 31.9 Å². The topological polar surface area (TPSA) is 47.6 Å². The van der Waals surface area contributed by atoms with Crippen LogP contribution in [0.4, 0.5) is 31.1 Å². The summed E-state index contributed by atoms with van der Waals surface area (Å²) in [4.78, 5) is 10.8. The summed E-state index contributed by atoms with van der Waals surface area (Å²) in [6.07, 6.45) is -13.6. The van der Waals surface area contributed by atoms with Gasteiger partial charge in [0.15, 0.2) is 0 Å². The van der Waals surface area contributed by atoms with E-state index in [2.05, 4.69) is 9.47 Å². The van der Waals surface area contributed by atoms with E-state index in [1.54, 1.807) is 0 Å². The van der Waals surface area contributed by atoms with Crippen LogP contribution in [-0.4, -0.2) is 37.4 Å². The van der Waals surface area contributed by atoms with E-state index in [1.807, 2.05) is 0 Å². The fourth-order valence-corrected chi connectivity index (χ4v) is 1.03. The summed E-state index contributed by atoms with van der Waals surface area (Å²) in [5.41, 5.74) is -4.78. The lowest BCUT2D eigenvalue weighted by Gasteiger charge is -2.36. The van der Waals surface area contributed by atoms with Gasteiger partial charge in [0, 0.05) is 6.61 Å². The van der Waals surface area contributed by atoms with Crippen molar-refractivity contribution in [3.05, 3.63) is 0 Å². The molecule has 0 unspecified atom stereocenters. The van der Waals surface area contributed by atoms with E-state index in [-0.39, 0.29) is 6.61 Å². The Balaban J connectivity index is 5.43. The van der Waals surface area contributed by atoms with E-state index in [1.165, 1.54) is 6.92 Å². The molecule has 0 rings (SSSR count). The van der Waals surface area contributed by atoms with Gasteiger partial charge in [-0.25, -0.2) is 4.79 Å². The van der Waals surface area contributed by atoms with Crippen molar-refractivity contribution in [3.63, 3.8) is 0 Å². The van der Waals surface area contributed by atoms with E-state index in [9.17, 15) is 31.1 Å². The molecule has 10 heteroatoms. The van der Waals surface area contributed by atoms with Gasteiger partial charge in [-0.3, -0.25) is 5.32 Å². The molecule has 1 amide bonds. The Labute approximate surface area is 98.2 Å². The van der Waals surface area contributed by atoms with E-state index in [0.29, 0.717) is 5.32 Å². The summed E-state index contributed by atoms with van der Waals surface area (Å²) in [5, 5.41) is 0.679. The van der Waals surface area contributed by atoms with Gasteiger partial charge in [0.05, 0.1) is 6.61 Å². The predicted octanol–water partition coefficient (Wildman–Crippen LogP) is 2.59. The lowest BCUT2D eigenvalue weighted by atomic mass is 10.2. The molecule has 0 saturated heterocycles. The number of carbonyl (C=O) groups excluding carboxylic acids is 1. The Kier molecular flexibility index (Phi) is 5.26. The quantitative estimate of drug-likeness (QED) is 0.637. The minimum Gasteiger partial charge on any atom is -0.450 e. The zero-order chi connectivity index (χ0) is 14.6. The summed E-state index contributed by atoms with van der Waals surface area (Å²) in [7, 11) is 0. The van der Waals surface area contributed by atoms with Crippen LogP contribution in [0.5, 0.6) is 0 Å². The van der Waals surface area contributed by atoms with Gasteiger partial charge in [0.2, 0.25) is 0 Å². The van der Waals surface area contributed by atoms with Gasteiger partial charge in [-0.1, -0.05) is 0 Å². The summed E-state index contributed by atoms with van der Waals surface area (Å²) in [5.74, 6) is 0. The highest BCUT2D eigenvalue weighted by Crippen LogP contribution is 2.43. The Morgan fingerprint density at radius 1 is 1.00 bits per heavy atom. The summed E-state index contributed by atoms with van der Waals surface area (Å²) in [6, 6.07) is 0. The number of hydrogen-bond acceptors (Lipinski definition) is 3. The third-order valence-electron chi connectivity index (χ3n) is 1.71. The highest BCUT2D eigenvalue weighted by atomic mass is 19.4. The maximum atomic E-state index is 12.5. The standard InChI is InChI=1S/C8H11F6NO3/c1-3-17-5(16)15-6(18-4-2,7(9,10)11)8(12,13)14/h3-4H2,1-2H3,(H,15,16). The molecule has 4 nitrogen and oxygen atoms in total. The minimum atomic E-state index is -5.88. The van der Waals surface area contributed by atoms with Crippen LogP contribution in [0.25, 0.3) is 0 Å². The van der Waals surface area contributed by atoms with Gasteiger partial charge >= 0.3 is 24.2 Å². The second-order valence-corrected chi connectivity index (χ2v) is 2.96. The molecular weight excluding hydrogens is 272 g/mol. The SMILES string of the molecule is CCOC(=O)NC(OCC)(C(F)(F)F)C(F)(F)F. The first-order chi connectivity index (χ1) is 8.02. The molecule has 0 aromatic carbocycles. The second-order valence-electron chi connectivity index (χ2n) is 2.96. The number of hydrogen-bond donors (Lipinski definition) is 1. The smallest absolute Gasteiger partial charge is 0.446 e. The van der Waals surface area contributed by atoms with Gasteiger partial charge in [0.1, 0.15) is 0 Å². The lowest BCUT2D eigenvalue weighted by molar-refractivity contribution is -0.388. The van der Waals surface area contributed by atoms with Crippen molar-refractivity contribution in [2.75, 3.05) is 13.2 Å². The van der Waals surface area contributed by atoms with Crippen LogP contribution in [0.15, 0.2) is 0 Å². The molecule has 0 aromatic heterocycles. The Hall–Kier alpha value is -1.19. The van der Waals surface area contributed by atoms with Gasteiger partial charge in [-0.05, 0) is 13.8 Å². The average molecular weight is 283 g/mol. The van der Waals surface area contributed by atoms with E-state index >= 15 is 0 Å². The first-order valence-electron chi connectivity index (χ1n) is 4.74. The molecule has 0 aromatic rings. The largest absolute Gasteiger partial charge is 0.450 e. The maximum Gasteiger partial charge on any atom is 0.446 e. The van der Waals surface area contributed by atoms with Gasteiger partial charge in [-0.2, -0.15) is 26.3 Å². The summed E-state index contributed by atoms with van der Waals surface area (Å²) in [6.45, 7) is 0.858. The molecule has 0 spiro atoms. The number of ether oxygens (including phenoxy) is 2. The van der Waals surface area contributed by atoms with Crippen LogP contribution >= 0.6 is 0 Å². The molecule has 18 heavy (non-hydrogen) atoms. The molecular formula is C8H11F6NO3. The molecule has 0 bridgehead atoms. The van der Waals surface area contributed by atoms with Crippen LogP contribution in [-0.2, 0) is 9.47 Å². The van der Waals surface area contributed by atoms with Gasteiger partial charge in [0.25, 0.3) is 0 Å². The molecule has 0 radical (unpaired) electrons. The van der Waals surface area contributed by atoms with Crippen molar-refractivity contribution < 1.29 is 40.6 Å². The molecule has 1 N–H and O–H groups in total. The highest BCUT2D eigenvalue weighted by Gasteiger charge is 2.74. The second kappa shape index (κ2) is 5.63. The van der Waals surface area contributed by atoms with Gasteiger partial charge < -0.3 is 9.47 Å². The Morgan fingerprint density at radius 2 is 1.44 bits per heavy atom. The van der Waals surface area contributed by atoms with Crippen molar-refractivity contribution in [2.24, 2.45) is 0 Å². The highest BCUT2D eigenvalue weighted by molar-refractivity contribution is 5.68. The number of nitrogens with one attached hydrogen (secondary N) is 1. The number of halogens is 6. The fourth-order valence-electron chi connectivity index (χ4n) is 1.03. The normalized spacial score (nSPS) is 13.3. The van der Waals surface area contributed by atoms with Crippen LogP contribution in [0, 0.1) is 0 Å². The molecule has 0 atom stereocenters. The van der Waals surface area contributed by atoms with Crippen LogP contribution in [0.2, 0.25) is 0 Å². The minimum absolute atomic E-state index is 0.385. The molecule has 0 saturated carbocycles. The first kappa shape index (κ1) is 16.8. The molecule has 0 heterocycles. The Bertz CT molecular complexity index is 274. The Morgan fingerprint density at radius 3 is 1.72 bits per heavy atom. The summed E-state index contributed by atoms with van der Waals surface area (Å²) >= 11 is 0. The van der Waals surface area contributed by atoms with Crippen molar-refractivity contribution in [1.82, 2.24) is 5.32 Å². The third kappa shape index (κ3) is 3.40. The molecule has 0 aliphatic rings. The maximum absolute atomic E-state index is 12.5. The first-order valence-corrected chi connectivity index (χ1v) is 4.74. The zero-order valence-corrected chi connectivity index (χ0v) is 9.41. The number of carbonyl (C=O) groups is 1. The van der Waals surface area contributed by atoms with E-state index < -0.39 is 30.8 Å². The lowest BCUT2D eigenvalue weighted by Crippen LogP contribution is -2.69. The number of alkyl carbamates (subject to hydrolysis) is 1. The average Bonchev–Trinajstić information content (AvgIpc) is 2.13. The van der Waals surface area contributed by atoms with Crippen molar-refractivity contribution >= 4 is 6.09 Å². The molecule has 0 aliphatic heterocycles. The van der Waals surface area contributed by atoms with Gasteiger partial charge in [-0.15, -0.1) is 0 Å². The van der Waals surface area contributed by atoms with Crippen LogP contribution in [0.1, 0.15) is 13.8 Å². The zero-order valence-electron chi connectivity index (χ0n) is 9.41. The summed E-state index contributed by atoms with van der Waals surface area (Å²) < 4.78 is 83.0. The molecule has 0 fully saturated rings. The fraction of sp³-hybridized carbons (Fsp3) is 0.875. The monoisotopic (exact) mass is 283 g/mol. The van der Waals surface area contributed by atoms with E-state index in [4.69, 9.17) is 0 Å². The molecule has 0 aliphatic carbocycles. The van der Waals surface area contributed by atoms with Crippen molar-refractivity contribution in [1.29, 1.82) is 0 Å². The predicted molar refractivity (Wildman–Crippen MR) is 46.6 cm³/mol. The molecule has 108 valence electrons. The van der Waals surface area contributed by atoms with Crippen molar-refractivity contribution in [3.8, 4) is 0 Å². The van der Waals surface area contributed by atoms with Crippen LogP contribution in [0.3, 0.4) is 0 Å².